The van der Waals surface area contributed by atoms with Crippen LogP contribution < -0.4 is 0 Å². The number of nitro benzene ring substituents is 1. The van der Waals surface area contributed by atoms with Gasteiger partial charge >= 0.3 is 0 Å². The molecular formula is C14H10ClFINO2. The van der Waals surface area contributed by atoms with Crippen molar-refractivity contribution in [3.05, 3.63) is 73.1 Å². The topological polar surface area (TPSA) is 43.1 Å². The molecule has 6 heteroatoms. The molecule has 0 fully saturated rings. The van der Waals surface area contributed by atoms with Gasteiger partial charge in [-0.15, -0.1) is 11.6 Å². The molecule has 2 aromatic carbocycles. The molecule has 0 aliphatic carbocycles. The summed E-state index contributed by atoms with van der Waals surface area (Å²) in [6, 6.07) is 10.8. The minimum Gasteiger partial charge on any atom is -0.258 e. The van der Waals surface area contributed by atoms with Crippen molar-refractivity contribution < 1.29 is 9.31 Å². The maximum absolute atomic E-state index is 13.0. The summed E-state index contributed by atoms with van der Waals surface area (Å²) in [5, 5.41) is 10.3. The Bertz CT molecular complexity index is 634. The number of nitrogens with zero attached hydrogens (tertiary/aromatic N) is 1. The molecular weight excluding hydrogens is 396 g/mol. The smallest absolute Gasteiger partial charge is 0.258 e. The van der Waals surface area contributed by atoms with E-state index in [4.69, 9.17) is 11.6 Å². The molecule has 0 aliphatic heterocycles. The fraction of sp³-hybridized carbons (Fsp3) is 0.143. The van der Waals surface area contributed by atoms with Gasteiger partial charge in [-0.1, -0.05) is 18.2 Å². The third kappa shape index (κ3) is 3.67. The molecule has 0 saturated heterocycles. The number of hydrogen-bond acceptors (Lipinski definition) is 2. The van der Waals surface area contributed by atoms with Crippen LogP contribution in [0.25, 0.3) is 0 Å². The van der Waals surface area contributed by atoms with Crippen LogP contribution in [-0.2, 0) is 6.42 Å². The normalized spacial score (nSPS) is 12.2. The van der Waals surface area contributed by atoms with Gasteiger partial charge in [0.25, 0.3) is 5.69 Å². The Kier molecular flexibility index (Phi) is 4.93. The molecule has 0 spiro atoms. The average Bonchev–Trinajstić information content (AvgIpc) is 2.39. The van der Waals surface area contributed by atoms with Crippen LogP contribution in [0.15, 0.2) is 42.5 Å². The summed E-state index contributed by atoms with van der Waals surface area (Å²) in [6.45, 7) is 0. The van der Waals surface area contributed by atoms with Crippen molar-refractivity contribution in [2.24, 2.45) is 0 Å². The first-order valence-electron chi connectivity index (χ1n) is 5.79. The molecule has 0 bridgehead atoms. The predicted molar refractivity (Wildman–Crippen MR) is 84.5 cm³/mol. The quantitative estimate of drug-likeness (QED) is 0.315. The van der Waals surface area contributed by atoms with Gasteiger partial charge in [0, 0.05) is 15.7 Å². The second-order valence-electron chi connectivity index (χ2n) is 4.26. The van der Waals surface area contributed by atoms with Crippen molar-refractivity contribution in [2.75, 3.05) is 0 Å². The van der Waals surface area contributed by atoms with E-state index in [-0.39, 0.29) is 16.9 Å². The van der Waals surface area contributed by atoms with Gasteiger partial charge in [-0.3, -0.25) is 10.1 Å². The molecule has 2 rings (SSSR count). The molecule has 104 valence electrons. The summed E-state index contributed by atoms with van der Waals surface area (Å²) in [5.41, 5.74) is 1.80. The Morgan fingerprint density at radius 3 is 2.45 bits per heavy atom. The van der Waals surface area contributed by atoms with Gasteiger partial charge < -0.3 is 0 Å². The summed E-state index contributed by atoms with van der Waals surface area (Å²) in [5.74, 6) is -0.294. The highest BCUT2D eigenvalue weighted by Crippen LogP contribution is 2.29. The van der Waals surface area contributed by atoms with Crippen molar-refractivity contribution in [2.45, 2.75) is 11.8 Å². The Balaban J connectivity index is 2.14. The summed E-state index contributed by atoms with van der Waals surface area (Å²) < 4.78 is 13.8. The van der Waals surface area contributed by atoms with Crippen LogP contribution in [0.2, 0.25) is 0 Å². The van der Waals surface area contributed by atoms with Crippen LogP contribution >= 0.6 is 34.2 Å². The summed E-state index contributed by atoms with van der Waals surface area (Å²) in [7, 11) is 0. The standard InChI is InChI=1S/C14H10ClFINO2/c15-13(12-6-3-10(16)8-14(12)17)7-9-1-4-11(5-2-9)18(19)20/h1-6,8,13H,7H2. The van der Waals surface area contributed by atoms with Crippen molar-refractivity contribution in [3.8, 4) is 0 Å². The Morgan fingerprint density at radius 1 is 1.25 bits per heavy atom. The largest absolute Gasteiger partial charge is 0.269 e. The molecule has 1 unspecified atom stereocenters. The first-order valence-corrected chi connectivity index (χ1v) is 7.31. The molecule has 0 amide bonds. The highest BCUT2D eigenvalue weighted by atomic mass is 127. The zero-order valence-corrected chi connectivity index (χ0v) is 13.1. The Labute approximate surface area is 134 Å². The first kappa shape index (κ1) is 15.2. The number of rotatable bonds is 4. The van der Waals surface area contributed by atoms with E-state index in [1.165, 1.54) is 24.3 Å². The van der Waals surface area contributed by atoms with Crippen LogP contribution in [-0.4, -0.2) is 4.92 Å². The van der Waals surface area contributed by atoms with Crippen molar-refractivity contribution in [3.63, 3.8) is 0 Å². The minimum absolute atomic E-state index is 0.0521. The molecule has 0 aromatic heterocycles. The lowest BCUT2D eigenvalue weighted by Gasteiger charge is -2.12. The van der Waals surface area contributed by atoms with Crippen LogP contribution in [0.3, 0.4) is 0 Å². The zero-order chi connectivity index (χ0) is 14.7. The van der Waals surface area contributed by atoms with Gasteiger partial charge in [0.15, 0.2) is 0 Å². The number of hydrogen-bond donors (Lipinski definition) is 0. The van der Waals surface area contributed by atoms with E-state index in [1.54, 1.807) is 18.2 Å². The van der Waals surface area contributed by atoms with Gasteiger partial charge in [-0.05, 0) is 52.3 Å². The van der Waals surface area contributed by atoms with Gasteiger partial charge in [0.2, 0.25) is 0 Å². The molecule has 0 aliphatic rings. The fourth-order valence-electron chi connectivity index (χ4n) is 1.83. The maximum atomic E-state index is 13.0. The van der Waals surface area contributed by atoms with Crippen LogP contribution in [0.5, 0.6) is 0 Å². The second kappa shape index (κ2) is 6.49. The third-order valence-electron chi connectivity index (χ3n) is 2.86. The summed E-state index contributed by atoms with van der Waals surface area (Å²) >= 11 is 8.38. The van der Waals surface area contributed by atoms with E-state index < -0.39 is 4.92 Å². The number of alkyl halides is 1. The monoisotopic (exact) mass is 405 g/mol. The van der Waals surface area contributed by atoms with E-state index in [0.717, 1.165) is 14.7 Å². The molecule has 0 heterocycles. The van der Waals surface area contributed by atoms with Gasteiger partial charge in [0.05, 0.1) is 10.3 Å². The van der Waals surface area contributed by atoms with Crippen molar-refractivity contribution >= 4 is 39.9 Å². The van der Waals surface area contributed by atoms with Gasteiger partial charge in [-0.2, -0.15) is 0 Å². The summed E-state index contributed by atoms with van der Waals surface area (Å²) in [4.78, 5) is 10.1. The lowest BCUT2D eigenvalue weighted by molar-refractivity contribution is -0.384. The molecule has 2 aromatic rings. The Hall–Kier alpha value is -1.21. The van der Waals surface area contributed by atoms with E-state index in [0.29, 0.717) is 6.42 Å². The van der Waals surface area contributed by atoms with Crippen LogP contribution in [0.1, 0.15) is 16.5 Å². The van der Waals surface area contributed by atoms with E-state index in [9.17, 15) is 14.5 Å². The lowest BCUT2D eigenvalue weighted by Crippen LogP contribution is -1.99. The molecule has 20 heavy (non-hydrogen) atoms. The van der Waals surface area contributed by atoms with Crippen molar-refractivity contribution in [1.29, 1.82) is 0 Å². The molecule has 0 saturated carbocycles. The second-order valence-corrected chi connectivity index (χ2v) is 5.95. The van der Waals surface area contributed by atoms with E-state index in [2.05, 4.69) is 0 Å². The van der Waals surface area contributed by atoms with Crippen molar-refractivity contribution in [1.82, 2.24) is 0 Å². The Morgan fingerprint density at radius 2 is 1.90 bits per heavy atom. The molecule has 3 nitrogen and oxygen atoms in total. The molecule has 0 radical (unpaired) electrons. The number of benzene rings is 2. The van der Waals surface area contributed by atoms with Crippen LogP contribution in [0.4, 0.5) is 10.1 Å². The van der Waals surface area contributed by atoms with Gasteiger partial charge in [-0.25, -0.2) is 4.39 Å². The minimum atomic E-state index is -0.440. The van der Waals surface area contributed by atoms with Crippen LogP contribution in [0, 0.1) is 19.5 Å². The predicted octanol–water partition coefficient (Wildman–Crippen LogP) is 4.86. The van der Waals surface area contributed by atoms with Gasteiger partial charge in [0.1, 0.15) is 5.82 Å². The molecule has 1 atom stereocenters. The third-order valence-corrected chi connectivity index (χ3v) is 4.19. The van der Waals surface area contributed by atoms with E-state index in [1.807, 2.05) is 22.6 Å². The SMILES string of the molecule is O=[N+]([O-])c1ccc(CC(Cl)c2ccc(F)cc2I)cc1. The highest BCUT2D eigenvalue weighted by molar-refractivity contribution is 14.1. The first-order chi connectivity index (χ1) is 9.47. The average molecular weight is 406 g/mol. The number of halogens is 3. The van der Waals surface area contributed by atoms with E-state index >= 15 is 0 Å². The fourth-order valence-corrected chi connectivity index (χ4v) is 3.23. The maximum Gasteiger partial charge on any atom is 0.269 e. The highest BCUT2D eigenvalue weighted by Gasteiger charge is 2.14. The number of nitro groups is 1. The zero-order valence-electron chi connectivity index (χ0n) is 10.2. The lowest BCUT2D eigenvalue weighted by atomic mass is 10.0. The summed E-state index contributed by atoms with van der Waals surface area (Å²) in [6.07, 6.45) is 0.529. The number of non-ortho nitro benzene ring substituents is 1. The molecule has 0 N–H and O–H groups in total.